The van der Waals surface area contributed by atoms with Gasteiger partial charge in [-0.05, 0) is 65.7 Å². The van der Waals surface area contributed by atoms with Crippen molar-refractivity contribution in [2.75, 3.05) is 13.2 Å². The molecule has 0 aliphatic carbocycles. The summed E-state index contributed by atoms with van der Waals surface area (Å²) >= 11 is 3.48. The quantitative estimate of drug-likeness (QED) is 0.532. The summed E-state index contributed by atoms with van der Waals surface area (Å²) in [5.41, 5.74) is 0.917. The van der Waals surface area contributed by atoms with Gasteiger partial charge in [0.05, 0.1) is 23.9 Å². The van der Waals surface area contributed by atoms with Crippen molar-refractivity contribution in [3.05, 3.63) is 52.0 Å². The monoisotopic (exact) mass is 405 g/mol. The second kappa shape index (κ2) is 7.57. The molecule has 0 unspecified atom stereocenters. The molecular weight excluding hydrogens is 390 g/mol. The topological polar surface area (TPSA) is 70.3 Å². The van der Waals surface area contributed by atoms with Crippen molar-refractivity contribution in [1.29, 1.82) is 0 Å². The molecule has 1 aromatic carbocycles. The van der Waals surface area contributed by atoms with Gasteiger partial charge in [0.2, 0.25) is 0 Å². The smallest absolute Gasteiger partial charge is 0.363 e. The third-order valence-corrected chi connectivity index (χ3v) is 3.87. The molecule has 0 fully saturated rings. The van der Waals surface area contributed by atoms with E-state index in [4.69, 9.17) is 18.6 Å². The van der Waals surface area contributed by atoms with Crippen LogP contribution in [-0.4, -0.2) is 25.1 Å². The van der Waals surface area contributed by atoms with Crippen molar-refractivity contribution in [2.45, 2.75) is 13.8 Å². The van der Waals surface area contributed by atoms with Crippen molar-refractivity contribution in [2.24, 2.45) is 4.99 Å². The molecular formula is C18H16BrNO5. The van der Waals surface area contributed by atoms with E-state index in [0.717, 1.165) is 10.0 Å². The predicted molar refractivity (Wildman–Crippen MR) is 95.8 cm³/mol. The van der Waals surface area contributed by atoms with E-state index < -0.39 is 5.97 Å². The second-order valence-electron chi connectivity index (χ2n) is 5.01. The molecule has 0 N–H and O–H groups in total. The summed E-state index contributed by atoms with van der Waals surface area (Å²) in [6.45, 7) is 4.80. The Bertz CT molecular complexity index is 839. The number of carbonyl (C=O) groups excluding carboxylic acids is 1. The van der Waals surface area contributed by atoms with E-state index >= 15 is 0 Å². The van der Waals surface area contributed by atoms with Crippen LogP contribution >= 0.6 is 15.9 Å². The van der Waals surface area contributed by atoms with Gasteiger partial charge < -0.3 is 18.6 Å². The summed E-state index contributed by atoms with van der Waals surface area (Å²) in [4.78, 5) is 16.2. The molecule has 1 aliphatic heterocycles. The maximum Gasteiger partial charge on any atom is 0.363 e. The first kappa shape index (κ1) is 17.3. The number of nitrogens with zero attached hydrogens (tertiary/aromatic N) is 1. The highest BCUT2D eigenvalue weighted by Gasteiger charge is 2.26. The van der Waals surface area contributed by atoms with Crippen LogP contribution in [-0.2, 0) is 9.53 Å². The molecule has 130 valence electrons. The number of carbonyl (C=O) groups is 1. The lowest BCUT2D eigenvalue weighted by molar-refractivity contribution is -0.130. The minimum atomic E-state index is -0.533. The van der Waals surface area contributed by atoms with Crippen LogP contribution < -0.4 is 9.47 Å². The van der Waals surface area contributed by atoms with Gasteiger partial charge in [-0.2, -0.15) is 0 Å². The summed E-state index contributed by atoms with van der Waals surface area (Å²) < 4.78 is 22.3. The molecule has 2 heterocycles. The zero-order valence-corrected chi connectivity index (χ0v) is 15.3. The average molecular weight is 406 g/mol. The maximum atomic E-state index is 12.0. The zero-order chi connectivity index (χ0) is 17.8. The largest absolute Gasteiger partial charge is 0.490 e. The van der Waals surface area contributed by atoms with E-state index in [0.29, 0.717) is 30.5 Å². The van der Waals surface area contributed by atoms with E-state index in [9.17, 15) is 4.79 Å². The molecule has 6 nitrogen and oxygen atoms in total. The van der Waals surface area contributed by atoms with Crippen molar-refractivity contribution in [3.63, 3.8) is 0 Å². The fourth-order valence-corrected chi connectivity index (χ4v) is 2.87. The van der Waals surface area contributed by atoms with Crippen LogP contribution in [0.15, 0.2) is 50.1 Å². The minimum Gasteiger partial charge on any atom is -0.490 e. The Hall–Kier alpha value is -2.54. The van der Waals surface area contributed by atoms with E-state index in [1.54, 1.807) is 24.3 Å². The first-order valence-corrected chi connectivity index (χ1v) is 8.57. The third-order valence-electron chi connectivity index (χ3n) is 3.28. The number of aliphatic imine (C=N–C) groups is 1. The van der Waals surface area contributed by atoms with Crippen LogP contribution in [0, 0.1) is 0 Å². The Morgan fingerprint density at radius 3 is 2.72 bits per heavy atom. The van der Waals surface area contributed by atoms with E-state index in [1.165, 1.54) is 6.26 Å². The van der Waals surface area contributed by atoms with Gasteiger partial charge in [-0.1, -0.05) is 0 Å². The fraction of sp³-hybridized carbons (Fsp3) is 0.222. The molecule has 0 bridgehead atoms. The normalized spacial score (nSPS) is 15.2. The van der Waals surface area contributed by atoms with Crippen LogP contribution in [0.5, 0.6) is 11.5 Å². The number of furan rings is 1. The number of esters is 1. The average Bonchev–Trinajstić information content (AvgIpc) is 3.22. The first-order chi connectivity index (χ1) is 12.1. The van der Waals surface area contributed by atoms with E-state index in [1.807, 2.05) is 19.9 Å². The van der Waals surface area contributed by atoms with Crippen molar-refractivity contribution in [1.82, 2.24) is 0 Å². The van der Waals surface area contributed by atoms with Crippen LogP contribution in [0.25, 0.3) is 6.08 Å². The zero-order valence-electron chi connectivity index (χ0n) is 13.7. The molecule has 0 amide bonds. The molecule has 7 heteroatoms. The highest BCUT2D eigenvalue weighted by atomic mass is 79.9. The molecule has 25 heavy (non-hydrogen) atoms. The first-order valence-electron chi connectivity index (χ1n) is 7.78. The van der Waals surface area contributed by atoms with Gasteiger partial charge in [0.1, 0.15) is 0 Å². The van der Waals surface area contributed by atoms with Gasteiger partial charge in [-0.15, -0.1) is 0 Å². The van der Waals surface area contributed by atoms with Crippen molar-refractivity contribution < 1.29 is 23.4 Å². The van der Waals surface area contributed by atoms with E-state index in [2.05, 4.69) is 20.9 Å². The molecule has 1 aromatic heterocycles. The van der Waals surface area contributed by atoms with Crippen LogP contribution in [0.2, 0.25) is 0 Å². The number of hydrogen-bond acceptors (Lipinski definition) is 6. The summed E-state index contributed by atoms with van der Waals surface area (Å²) in [5.74, 6) is 1.23. The van der Waals surface area contributed by atoms with Crippen molar-refractivity contribution in [3.8, 4) is 11.5 Å². The maximum absolute atomic E-state index is 12.0. The Morgan fingerprint density at radius 2 is 2.04 bits per heavy atom. The van der Waals surface area contributed by atoms with Gasteiger partial charge in [0.15, 0.2) is 23.0 Å². The summed E-state index contributed by atoms with van der Waals surface area (Å²) in [6, 6.07) is 7.00. The molecule has 0 spiro atoms. The molecule has 1 aliphatic rings. The van der Waals surface area contributed by atoms with Gasteiger partial charge in [0, 0.05) is 0 Å². The molecule has 0 saturated carbocycles. The van der Waals surface area contributed by atoms with Crippen LogP contribution in [0.4, 0.5) is 0 Å². The van der Waals surface area contributed by atoms with Crippen molar-refractivity contribution >= 4 is 33.9 Å². The van der Waals surface area contributed by atoms with Crippen LogP contribution in [0.1, 0.15) is 25.2 Å². The standard InChI is InChI=1S/C18H16BrNO5/c1-3-22-15-10-11(8-12(19)16(15)23-4-2)9-13-18(21)25-17(20-13)14-6-5-7-24-14/h5-10H,3-4H2,1-2H3/b13-9-. The number of hydrogen-bond donors (Lipinski definition) is 0. The lowest BCUT2D eigenvalue weighted by atomic mass is 10.1. The Kier molecular flexibility index (Phi) is 5.23. The van der Waals surface area contributed by atoms with Gasteiger partial charge >= 0.3 is 5.97 Å². The number of ether oxygens (including phenoxy) is 3. The fourth-order valence-electron chi connectivity index (χ4n) is 2.29. The second-order valence-corrected chi connectivity index (χ2v) is 5.86. The molecule has 0 radical (unpaired) electrons. The van der Waals surface area contributed by atoms with Gasteiger partial charge in [-0.25, -0.2) is 9.79 Å². The Balaban J connectivity index is 1.96. The summed E-state index contributed by atoms with van der Waals surface area (Å²) in [5, 5.41) is 0. The SMILES string of the molecule is CCOc1cc(/C=C2\N=C(c3ccco3)OC2=O)cc(Br)c1OCC. The van der Waals surface area contributed by atoms with E-state index in [-0.39, 0.29) is 11.6 Å². The number of benzene rings is 1. The molecule has 0 saturated heterocycles. The highest BCUT2D eigenvalue weighted by molar-refractivity contribution is 9.10. The summed E-state index contributed by atoms with van der Waals surface area (Å²) in [6.07, 6.45) is 3.12. The summed E-state index contributed by atoms with van der Waals surface area (Å²) in [7, 11) is 0. The van der Waals surface area contributed by atoms with Gasteiger partial charge in [-0.3, -0.25) is 0 Å². The Morgan fingerprint density at radius 1 is 1.24 bits per heavy atom. The number of rotatable bonds is 6. The molecule has 2 aromatic rings. The molecule has 0 atom stereocenters. The van der Waals surface area contributed by atoms with Gasteiger partial charge in [0.25, 0.3) is 5.90 Å². The van der Waals surface area contributed by atoms with Crippen LogP contribution in [0.3, 0.4) is 0 Å². The third kappa shape index (κ3) is 3.76. The molecule has 3 rings (SSSR count). The number of cyclic esters (lactones) is 1. The Labute approximate surface area is 153 Å². The number of halogens is 1. The minimum absolute atomic E-state index is 0.149. The lowest BCUT2D eigenvalue weighted by Crippen LogP contribution is -2.04. The predicted octanol–water partition coefficient (Wildman–Crippen LogP) is 4.18. The lowest BCUT2D eigenvalue weighted by Gasteiger charge is -2.13. The highest BCUT2D eigenvalue weighted by Crippen LogP contribution is 2.37.